The highest BCUT2D eigenvalue weighted by molar-refractivity contribution is 7.09. The molecule has 3 rings (SSSR count). The fraction of sp³-hybridized carbons (Fsp3) is 0.158. The number of halogens is 1. The van der Waals surface area contributed by atoms with Gasteiger partial charge >= 0.3 is 0 Å². The summed E-state index contributed by atoms with van der Waals surface area (Å²) < 4.78 is 13.2. The number of thiazole rings is 1. The summed E-state index contributed by atoms with van der Waals surface area (Å²) in [5.74, 6) is -0.364. The Balaban J connectivity index is 1.85. The number of benzene rings is 2. The molecule has 0 spiro atoms. The van der Waals surface area contributed by atoms with E-state index in [1.54, 1.807) is 28.4 Å². The standard InChI is InChI=1S/C19H17FN2OS/c1-14-21-17(13-24-14)12-22(18-9-7-16(20)8-10-18)19(23)11-15-5-3-2-4-6-15/h2-10,13H,11-12H2,1H3. The number of anilines is 1. The largest absolute Gasteiger partial charge is 0.306 e. The Bertz CT molecular complexity index is 815. The minimum Gasteiger partial charge on any atom is -0.306 e. The summed E-state index contributed by atoms with van der Waals surface area (Å²) in [6.45, 7) is 2.31. The molecule has 0 aliphatic rings. The van der Waals surface area contributed by atoms with Crippen LogP contribution in [0.5, 0.6) is 0 Å². The minimum atomic E-state index is -0.321. The molecule has 0 atom stereocenters. The van der Waals surface area contributed by atoms with Crippen LogP contribution in [0, 0.1) is 12.7 Å². The van der Waals surface area contributed by atoms with E-state index in [9.17, 15) is 9.18 Å². The molecule has 3 nitrogen and oxygen atoms in total. The Morgan fingerprint density at radius 1 is 1.12 bits per heavy atom. The highest BCUT2D eigenvalue weighted by Crippen LogP contribution is 2.20. The second-order valence-electron chi connectivity index (χ2n) is 5.48. The van der Waals surface area contributed by atoms with Crippen LogP contribution in [0.1, 0.15) is 16.3 Å². The lowest BCUT2D eigenvalue weighted by Crippen LogP contribution is -2.32. The van der Waals surface area contributed by atoms with Gasteiger partial charge in [0.25, 0.3) is 0 Å². The third-order valence-corrected chi connectivity index (χ3v) is 4.45. The second-order valence-corrected chi connectivity index (χ2v) is 6.54. The molecule has 0 N–H and O–H groups in total. The molecule has 3 aromatic rings. The van der Waals surface area contributed by atoms with Crippen LogP contribution in [0.3, 0.4) is 0 Å². The summed E-state index contributed by atoms with van der Waals surface area (Å²) in [6, 6.07) is 15.6. The van der Waals surface area contributed by atoms with E-state index in [2.05, 4.69) is 4.98 Å². The van der Waals surface area contributed by atoms with Crippen LogP contribution >= 0.6 is 11.3 Å². The van der Waals surface area contributed by atoms with Crippen LogP contribution in [0.4, 0.5) is 10.1 Å². The summed E-state index contributed by atoms with van der Waals surface area (Å²) >= 11 is 1.55. The van der Waals surface area contributed by atoms with Crippen LogP contribution < -0.4 is 4.90 Å². The van der Waals surface area contributed by atoms with Crippen molar-refractivity contribution in [1.82, 2.24) is 4.98 Å². The third kappa shape index (κ3) is 4.06. The number of carbonyl (C=O) groups excluding carboxylic acids is 1. The number of hydrogen-bond donors (Lipinski definition) is 0. The predicted molar refractivity (Wildman–Crippen MR) is 94.6 cm³/mol. The first-order valence-corrected chi connectivity index (χ1v) is 8.50. The van der Waals surface area contributed by atoms with Crippen molar-refractivity contribution in [3.05, 3.63) is 82.1 Å². The predicted octanol–water partition coefficient (Wildman–Crippen LogP) is 4.37. The maximum absolute atomic E-state index is 13.2. The summed E-state index contributed by atoms with van der Waals surface area (Å²) in [6.07, 6.45) is 0.293. The van der Waals surface area contributed by atoms with E-state index in [0.29, 0.717) is 18.7 Å². The Labute approximate surface area is 144 Å². The average molecular weight is 340 g/mol. The van der Waals surface area contributed by atoms with Gasteiger partial charge < -0.3 is 4.90 Å². The highest BCUT2D eigenvalue weighted by atomic mass is 32.1. The molecule has 1 heterocycles. The van der Waals surface area contributed by atoms with Crippen LogP contribution in [0.15, 0.2) is 60.0 Å². The van der Waals surface area contributed by atoms with E-state index in [0.717, 1.165) is 16.3 Å². The molecule has 1 amide bonds. The van der Waals surface area contributed by atoms with Gasteiger partial charge in [0, 0.05) is 11.1 Å². The molecule has 5 heteroatoms. The fourth-order valence-electron chi connectivity index (χ4n) is 2.45. The number of aryl methyl sites for hydroxylation is 1. The van der Waals surface area contributed by atoms with Crippen LogP contribution in [0.25, 0.3) is 0 Å². The lowest BCUT2D eigenvalue weighted by atomic mass is 10.1. The van der Waals surface area contributed by atoms with E-state index >= 15 is 0 Å². The van der Waals surface area contributed by atoms with Gasteiger partial charge in [0.2, 0.25) is 5.91 Å². The summed E-state index contributed by atoms with van der Waals surface area (Å²) in [5.41, 5.74) is 2.45. The maximum atomic E-state index is 13.2. The van der Waals surface area contributed by atoms with E-state index < -0.39 is 0 Å². The van der Waals surface area contributed by atoms with Crippen LogP contribution in [0.2, 0.25) is 0 Å². The molecule has 0 fully saturated rings. The molecule has 0 radical (unpaired) electrons. The molecule has 0 saturated carbocycles. The monoisotopic (exact) mass is 340 g/mol. The van der Waals surface area contributed by atoms with Crippen molar-refractivity contribution in [2.45, 2.75) is 19.9 Å². The molecule has 0 unspecified atom stereocenters. The number of carbonyl (C=O) groups is 1. The number of rotatable bonds is 5. The fourth-order valence-corrected chi connectivity index (χ4v) is 3.06. The molecule has 0 bridgehead atoms. The first-order chi connectivity index (χ1) is 11.6. The number of aromatic nitrogens is 1. The molecule has 0 aliphatic carbocycles. The molecule has 1 aromatic heterocycles. The Hall–Kier alpha value is -2.53. The minimum absolute atomic E-state index is 0.0431. The van der Waals surface area contributed by atoms with Gasteiger partial charge in [-0.1, -0.05) is 30.3 Å². The van der Waals surface area contributed by atoms with Gasteiger partial charge in [-0.05, 0) is 36.8 Å². The normalized spacial score (nSPS) is 10.6. The molecular formula is C19H17FN2OS. The Morgan fingerprint density at radius 3 is 2.46 bits per heavy atom. The van der Waals surface area contributed by atoms with Gasteiger partial charge in [-0.3, -0.25) is 4.79 Å². The molecular weight excluding hydrogens is 323 g/mol. The zero-order valence-electron chi connectivity index (χ0n) is 13.3. The zero-order valence-corrected chi connectivity index (χ0v) is 14.1. The van der Waals surface area contributed by atoms with Gasteiger partial charge in [0.05, 0.1) is 23.7 Å². The van der Waals surface area contributed by atoms with Gasteiger partial charge in [-0.2, -0.15) is 0 Å². The lowest BCUT2D eigenvalue weighted by molar-refractivity contribution is -0.118. The molecule has 0 saturated heterocycles. The first-order valence-electron chi connectivity index (χ1n) is 7.62. The Morgan fingerprint density at radius 2 is 1.83 bits per heavy atom. The lowest BCUT2D eigenvalue weighted by Gasteiger charge is -2.22. The van der Waals surface area contributed by atoms with Gasteiger partial charge in [0.15, 0.2) is 0 Å². The zero-order chi connectivity index (χ0) is 16.9. The van der Waals surface area contributed by atoms with Crippen molar-refractivity contribution in [3.63, 3.8) is 0 Å². The number of amides is 1. The molecule has 2 aromatic carbocycles. The summed E-state index contributed by atoms with van der Waals surface area (Å²) in [4.78, 5) is 18.9. The first kappa shape index (κ1) is 16.3. The maximum Gasteiger partial charge on any atom is 0.231 e. The van der Waals surface area contributed by atoms with Crippen LogP contribution in [-0.2, 0) is 17.8 Å². The topological polar surface area (TPSA) is 33.2 Å². The summed E-state index contributed by atoms with van der Waals surface area (Å²) in [7, 11) is 0. The molecule has 0 aliphatic heterocycles. The van der Waals surface area contributed by atoms with Crippen molar-refractivity contribution in [1.29, 1.82) is 0 Å². The number of hydrogen-bond acceptors (Lipinski definition) is 3. The van der Waals surface area contributed by atoms with E-state index in [4.69, 9.17) is 0 Å². The van der Waals surface area contributed by atoms with Crippen molar-refractivity contribution in [2.24, 2.45) is 0 Å². The third-order valence-electron chi connectivity index (χ3n) is 3.62. The Kier molecular flexibility index (Phi) is 5.01. The van der Waals surface area contributed by atoms with Gasteiger partial charge in [-0.25, -0.2) is 9.37 Å². The number of nitrogens with zero attached hydrogens (tertiary/aromatic N) is 2. The average Bonchev–Trinajstić information content (AvgIpc) is 3.00. The van der Waals surface area contributed by atoms with E-state index in [1.807, 2.05) is 42.6 Å². The quantitative estimate of drug-likeness (QED) is 0.691. The highest BCUT2D eigenvalue weighted by Gasteiger charge is 2.18. The van der Waals surface area contributed by atoms with Gasteiger partial charge in [0.1, 0.15) is 5.82 Å². The van der Waals surface area contributed by atoms with E-state index in [-0.39, 0.29) is 11.7 Å². The van der Waals surface area contributed by atoms with Crippen molar-refractivity contribution in [2.75, 3.05) is 4.90 Å². The van der Waals surface area contributed by atoms with Crippen molar-refractivity contribution in [3.8, 4) is 0 Å². The SMILES string of the molecule is Cc1nc(CN(C(=O)Cc2ccccc2)c2ccc(F)cc2)cs1. The molecule has 24 heavy (non-hydrogen) atoms. The van der Waals surface area contributed by atoms with Crippen molar-refractivity contribution < 1.29 is 9.18 Å². The van der Waals surface area contributed by atoms with Crippen molar-refractivity contribution >= 4 is 22.9 Å². The van der Waals surface area contributed by atoms with E-state index in [1.165, 1.54) is 12.1 Å². The second kappa shape index (κ2) is 7.36. The summed E-state index contributed by atoms with van der Waals surface area (Å²) in [5, 5.41) is 2.90. The van der Waals surface area contributed by atoms with Crippen LogP contribution in [-0.4, -0.2) is 10.9 Å². The van der Waals surface area contributed by atoms with Gasteiger partial charge in [-0.15, -0.1) is 11.3 Å². The smallest absolute Gasteiger partial charge is 0.231 e. The molecule has 122 valence electrons.